The molecule has 0 aliphatic heterocycles. The molecule has 44 heavy (non-hydrogen) atoms. The lowest BCUT2D eigenvalue weighted by Crippen LogP contribution is -2.19. The van der Waals surface area contributed by atoms with Gasteiger partial charge in [0.25, 0.3) is 0 Å². The van der Waals surface area contributed by atoms with Gasteiger partial charge in [0, 0.05) is 0 Å². The number of carbonyl (C=O) groups excluding carboxylic acids is 1. The Bertz CT molecular complexity index is 611. The Morgan fingerprint density at radius 2 is 0.864 bits per heavy atom. The molecule has 0 N–H and O–H groups in total. The summed E-state index contributed by atoms with van der Waals surface area (Å²) >= 11 is 0. The summed E-state index contributed by atoms with van der Waals surface area (Å²) in [5.74, 6) is 2.20. The van der Waals surface area contributed by atoms with Crippen LogP contribution < -0.4 is 0 Å². The third kappa shape index (κ3) is 31.2. The molecule has 0 bridgehead atoms. The second-order valence-corrected chi connectivity index (χ2v) is 15.0. The van der Waals surface area contributed by atoms with Gasteiger partial charge in [0.05, 0.1) is 12.5 Å². The maximum atomic E-state index is 12.5. The molecule has 0 rings (SSSR count). The maximum absolute atomic E-state index is 12.5. The Morgan fingerprint density at radius 3 is 1.39 bits per heavy atom. The molecule has 2 heteroatoms. The zero-order chi connectivity index (χ0) is 32.5. The first-order valence-corrected chi connectivity index (χ1v) is 20.2. The van der Waals surface area contributed by atoms with Gasteiger partial charge in [-0.1, -0.05) is 182 Å². The summed E-state index contributed by atoms with van der Waals surface area (Å²) in [6, 6.07) is 0. The standard InChI is InChI=1S/C42H82O2/c1-7-9-11-13-15-17-19-20-21-22-23-24-25-27-29-31-33-38(3)35-39(4)36-40(5)37-41(6)42(43)44-34-32-30-28-26-18-16-14-12-10-8-2/h17,19,38-41H,7-16,18,20-37H2,1-6H3/b19-17-. The molecule has 0 aliphatic carbocycles. The minimum absolute atomic E-state index is 0.0226. The number of carbonyl (C=O) groups is 1. The van der Waals surface area contributed by atoms with Crippen LogP contribution in [0.4, 0.5) is 0 Å². The van der Waals surface area contributed by atoms with Crippen molar-refractivity contribution in [3.63, 3.8) is 0 Å². The van der Waals surface area contributed by atoms with Crippen molar-refractivity contribution >= 4 is 5.97 Å². The predicted octanol–water partition coefficient (Wildman–Crippen LogP) is 14.6. The molecule has 4 unspecified atom stereocenters. The van der Waals surface area contributed by atoms with Crippen LogP contribution in [0.3, 0.4) is 0 Å². The van der Waals surface area contributed by atoms with Crippen LogP contribution in [0, 0.1) is 23.7 Å². The van der Waals surface area contributed by atoms with Crippen LogP contribution in [0.1, 0.15) is 221 Å². The van der Waals surface area contributed by atoms with Crippen LogP contribution >= 0.6 is 0 Å². The van der Waals surface area contributed by atoms with Crippen LogP contribution in [0.25, 0.3) is 0 Å². The van der Waals surface area contributed by atoms with Gasteiger partial charge < -0.3 is 4.74 Å². The normalized spacial score (nSPS) is 14.6. The van der Waals surface area contributed by atoms with Crippen molar-refractivity contribution in [1.29, 1.82) is 0 Å². The van der Waals surface area contributed by atoms with E-state index in [1.165, 1.54) is 167 Å². The predicted molar refractivity (Wildman–Crippen MR) is 197 cm³/mol. The molecule has 0 spiro atoms. The van der Waals surface area contributed by atoms with Gasteiger partial charge in [-0.2, -0.15) is 0 Å². The topological polar surface area (TPSA) is 26.3 Å². The number of unbranched alkanes of at least 4 members (excludes halogenated alkanes) is 21. The minimum atomic E-state index is 0.0226. The Hall–Kier alpha value is -0.790. The second kappa shape index (κ2) is 33.6. The fraction of sp³-hybridized carbons (Fsp3) is 0.929. The van der Waals surface area contributed by atoms with Gasteiger partial charge in [-0.25, -0.2) is 0 Å². The molecule has 0 aromatic carbocycles. The Labute approximate surface area is 278 Å². The fourth-order valence-electron chi connectivity index (χ4n) is 7.03. The minimum Gasteiger partial charge on any atom is -0.465 e. The number of hydrogen-bond acceptors (Lipinski definition) is 2. The Balaban J connectivity index is 3.64. The van der Waals surface area contributed by atoms with Crippen molar-refractivity contribution in [3.8, 4) is 0 Å². The Kier molecular flexibility index (Phi) is 33.0. The number of esters is 1. The van der Waals surface area contributed by atoms with Gasteiger partial charge in [0.15, 0.2) is 0 Å². The van der Waals surface area contributed by atoms with Crippen LogP contribution in [0.15, 0.2) is 12.2 Å². The summed E-state index contributed by atoms with van der Waals surface area (Å²) in [5, 5.41) is 0. The molecular formula is C42H82O2. The monoisotopic (exact) mass is 619 g/mol. The van der Waals surface area contributed by atoms with Gasteiger partial charge in [0.1, 0.15) is 0 Å². The summed E-state index contributed by atoms with van der Waals surface area (Å²) in [6.45, 7) is 14.4. The molecule has 0 saturated carbocycles. The fourth-order valence-corrected chi connectivity index (χ4v) is 7.03. The van der Waals surface area contributed by atoms with Crippen LogP contribution in [-0.2, 0) is 9.53 Å². The molecule has 0 heterocycles. The highest BCUT2D eigenvalue weighted by Crippen LogP contribution is 2.27. The van der Waals surface area contributed by atoms with Crippen molar-refractivity contribution in [2.24, 2.45) is 23.7 Å². The van der Waals surface area contributed by atoms with E-state index in [4.69, 9.17) is 4.74 Å². The molecule has 0 radical (unpaired) electrons. The molecule has 2 nitrogen and oxygen atoms in total. The molecule has 262 valence electrons. The number of ether oxygens (including phenoxy) is 1. The van der Waals surface area contributed by atoms with Crippen molar-refractivity contribution < 1.29 is 9.53 Å². The van der Waals surface area contributed by atoms with Gasteiger partial charge in [-0.3, -0.25) is 4.79 Å². The van der Waals surface area contributed by atoms with Crippen LogP contribution in [-0.4, -0.2) is 12.6 Å². The van der Waals surface area contributed by atoms with E-state index in [9.17, 15) is 4.79 Å². The lowest BCUT2D eigenvalue weighted by atomic mass is 9.84. The number of allylic oxidation sites excluding steroid dienone is 2. The van der Waals surface area contributed by atoms with Gasteiger partial charge in [0.2, 0.25) is 0 Å². The molecule has 0 aromatic rings. The first-order chi connectivity index (χ1) is 21.4. The zero-order valence-electron chi connectivity index (χ0n) is 31.3. The van der Waals surface area contributed by atoms with E-state index < -0.39 is 0 Å². The molecule has 0 fully saturated rings. The van der Waals surface area contributed by atoms with Gasteiger partial charge >= 0.3 is 5.97 Å². The summed E-state index contributed by atoms with van der Waals surface area (Å²) in [6.07, 6.45) is 42.2. The van der Waals surface area contributed by atoms with E-state index in [1.54, 1.807) is 0 Å². The summed E-state index contributed by atoms with van der Waals surface area (Å²) in [4.78, 5) is 12.5. The first-order valence-electron chi connectivity index (χ1n) is 20.2. The molecule has 0 amide bonds. The van der Waals surface area contributed by atoms with Crippen molar-refractivity contribution in [3.05, 3.63) is 12.2 Å². The van der Waals surface area contributed by atoms with E-state index in [1.807, 2.05) is 0 Å². The maximum Gasteiger partial charge on any atom is 0.308 e. The highest BCUT2D eigenvalue weighted by atomic mass is 16.5. The zero-order valence-corrected chi connectivity index (χ0v) is 31.3. The molecule has 4 atom stereocenters. The van der Waals surface area contributed by atoms with E-state index in [0.717, 1.165) is 24.7 Å². The SMILES string of the molecule is CCCCCC/C=C\CCCCCCCCCCC(C)CC(C)CC(C)CC(C)C(=O)OCCCCCCCCCCCC. The van der Waals surface area contributed by atoms with Gasteiger partial charge in [-0.05, 0) is 69.1 Å². The lowest BCUT2D eigenvalue weighted by Gasteiger charge is -2.22. The van der Waals surface area contributed by atoms with Crippen LogP contribution in [0.2, 0.25) is 0 Å². The molecular weight excluding hydrogens is 536 g/mol. The smallest absolute Gasteiger partial charge is 0.308 e. The Morgan fingerprint density at radius 1 is 0.477 bits per heavy atom. The summed E-state index contributed by atoms with van der Waals surface area (Å²) in [7, 11) is 0. The highest BCUT2D eigenvalue weighted by molar-refractivity contribution is 5.71. The van der Waals surface area contributed by atoms with E-state index in [2.05, 4.69) is 53.7 Å². The largest absolute Gasteiger partial charge is 0.465 e. The van der Waals surface area contributed by atoms with E-state index in [-0.39, 0.29) is 11.9 Å². The average Bonchev–Trinajstić information content (AvgIpc) is 2.99. The molecule has 0 aromatic heterocycles. The van der Waals surface area contributed by atoms with Gasteiger partial charge in [-0.15, -0.1) is 0 Å². The summed E-state index contributed by atoms with van der Waals surface area (Å²) in [5.41, 5.74) is 0. The van der Waals surface area contributed by atoms with Crippen molar-refractivity contribution in [1.82, 2.24) is 0 Å². The first kappa shape index (κ1) is 43.2. The average molecular weight is 619 g/mol. The van der Waals surface area contributed by atoms with E-state index >= 15 is 0 Å². The quantitative estimate of drug-likeness (QED) is 0.0407. The van der Waals surface area contributed by atoms with Crippen molar-refractivity contribution in [2.45, 2.75) is 221 Å². The second-order valence-electron chi connectivity index (χ2n) is 15.0. The highest BCUT2D eigenvalue weighted by Gasteiger charge is 2.20. The molecule has 0 aliphatic rings. The third-order valence-corrected chi connectivity index (χ3v) is 9.72. The lowest BCUT2D eigenvalue weighted by molar-refractivity contribution is -0.148. The number of hydrogen-bond donors (Lipinski definition) is 0. The number of rotatable bonds is 34. The molecule has 0 saturated heterocycles. The van der Waals surface area contributed by atoms with Crippen molar-refractivity contribution in [2.75, 3.05) is 6.61 Å². The van der Waals surface area contributed by atoms with E-state index in [0.29, 0.717) is 12.5 Å². The van der Waals surface area contributed by atoms with Crippen LogP contribution in [0.5, 0.6) is 0 Å². The third-order valence-electron chi connectivity index (χ3n) is 9.72. The summed E-state index contributed by atoms with van der Waals surface area (Å²) < 4.78 is 5.63.